The van der Waals surface area contributed by atoms with Gasteiger partial charge >= 0.3 is 0 Å². The summed E-state index contributed by atoms with van der Waals surface area (Å²) in [5.74, 6) is 2.16. The van der Waals surface area contributed by atoms with Gasteiger partial charge < -0.3 is 14.4 Å². The van der Waals surface area contributed by atoms with Crippen molar-refractivity contribution in [3.63, 3.8) is 0 Å². The van der Waals surface area contributed by atoms with E-state index >= 15 is 0 Å². The topological polar surface area (TPSA) is 85.4 Å². The Hall–Kier alpha value is -2.94. The Labute approximate surface area is 180 Å². The van der Waals surface area contributed by atoms with Crippen molar-refractivity contribution in [1.29, 1.82) is 10.5 Å². The maximum atomic E-state index is 9.31. The third-order valence-corrected chi connectivity index (χ3v) is 6.24. The van der Waals surface area contributed by atoms with Crippen molar-refractivity contribution in [2.75, 3.05) is 56.6 Å². The van der Waals surface area contributed by atoms with Gasteiger partial charge in [0.2, 0.25) is 0 Å². The molecule has 4 rings (SSSR count). The molecule has 1 aromatic heterocycles. The Bertz CT molecular complexity index is 1010. The minimum atomic E-state index is 0.472. The summed E-state index contributed by atoms with van der Waals surface area (Å²) in [5.41, 5.74) is 3.09. The summed E-state index contributed by atoms with van der Waals surface area (Å²) in [6, 6.07) is 11.9. The second-order valence-electron chi connectivity index (χ2n) is 7.19. The second-order valence-corrected chi connectivity index (χ2v) is 8.28. The van der Waals surface area contributed by atoms with Crippen molar-refractivity contribution in [1.82, 2.24) is 9.88 Å². The number of rotatable bonds is 5. The zero-order chi connectivity index (χ0) is 20.9. The molecule has 0 aliphatic carbocycles. The van der Waals surface area contributed by atoms with Crippen molar-refractivity contribution in [3.8, 4) is 23.6 Å². The Balaban J connectivity index is 1.34. The van der Waals surface area contributed by atoms with Crippen LogP contribution in [0.25, 0.3) is 0 Å². The number of fused-ring (bicyclic) bond motifs is 1. The molecule has 0 bridgehead atoms. The van der Waals surface area contributed by atoms with Gasteiger partial charge in [0.15, 0.2) is 11.5 Å². The van der Waals surface area contributed by atoms with Crippen LogP contribution in [0.1, 0.15) is 16.8 Å². The number of aromatic nitrogens is 1. The number of thioether (sulfide) groups is 1. The fraction of sp³-hybridized carbons (Fsp3) is 0.409. The standard InChI is InChI=1S/C22H23N5O2S/c1-16-2-3-18(15-24)22(25-16)30-13-10-26-6-8-27(9-7-26)19-5-4-17(14-23)20-21(19)29-12-11-28-20/h2-5H,6-13H2,1H3. The van der Waals surface area contributed by atoms with Crippen molar-refractivity contribution in [2.45, 2.75) is 11.9 Å². The van der Waals surface area contributed by atoms with Crippen LogP contribution in [0.2, 0.25) is 0 Å². The molecule has 154 valence electrons. The third kappa shape index (κ3) is 4.30. The number of hydrogen-bond acceptors (Lipinski definition) is 8. The molecular formula is C22H23N5O2S. The summed E-state index contributed by atoms with van der Waals surface area (Å²) in [6.45, 7) is 7.54. The molecule has 7 nitrogen and oxygen atoms in total. The lowest BCUT2D eigenvalue weighted by molar-refractivity contribution is 0.171. The minimum absolute atomic E-state index is 0.472. The van der Waals surface area contributed by atoms with E-state index in [1.807, 2.05) is 31.2 Å². The highest BCUT2D eigenvalue weighted by molar-refractivity contribution is 7.99. The van der Waals surface area contributed by atoms with Crippen LogP contribution in [0, 0.1) is 29.6 Å². The lowest BCUT2D eigenvalue weighted by atomic mass is 10.1. The quantitative estimate of drug-likeness (QED) is 0.682. The van der Waals surface area contributed by atoms with E-state index in [1.165, 1.54) is 0 Å². The van der Waals surface area contributed by atoms with Gasteiger partial charge in [0.1, 0.15) is 30.4 Å². The number of nitriles is 2. The molecule has 2 aliphatic rings. The number of ether oxygens (including phenoxy) is 2. The van der Waals surface area contributed by atoms with Gasteiger partial charge in [-0.15, -0.1) is 11.8 Å². The summed E-state index contributed by atoms with van der Waals surface area (Å²) in [7, 11) is 0. The molecular weight excluding hydrogens is 398 g/mol. The molecule has 0 amide bonds. The first-order chi connectivity index (χ1) is 14.7. The van der Waals surface area contributed by atoms with E-state index in [4.69, 9.17) is 9.47 Å². The average molecular weight is 422 g/mol. The molecule has 0 saturated carbocycles. The lowest BCUT2D eigenvalue weighted by Gasteiger charge is -2.37. The Morgan fingerprint density at radius 1 is 0.967 bits per heavy atom. The summed E-state index contributed by atoms with van der Waals surface area (Å²) < 4.78 is 11.6. The normalized spacial score (nSPS) is 16.0. The van der Waals surface area contributed by atoms with Crippen LogP contribution < -0.4 is 14.4 Å². The van der Waals surface area contributed by atoms with Gasteiger partial charge in [-0.25, -0.2) is 4.98 Å². The molecule has 3 heterocycles. The number of piperazine rings is 1. The van der Waals surface area contributed by atoms with Gasteiger partial charge in [-0.1, -0.05) is 0 Å². The molecule has 1 aromatic carbocycles. The number of hydrogen-bond donors (Lipinski definition) is 0. The van der Waals surface area contributed by atoms with Crippen LogP contribution >= 0.6 is 11.8 Å². The van der Waals surface area contributed by atoms with Crippen LogP contribution in [-0.4, -0.2) is 61.6 Å². The summed E-state index contributed by atoms with van der Waals surface area (Å²) in [6.07, 6.45) is 0. The van der Waals surface area contributed by atoms with E-state index < -0.39 is 0 Å². The molecule has 30 heavy (non-hydrogen) atoms. The van der Waals surface area contributed by atoms with Crippen LogP contribution in [0.15, 0.2) is 29.3 Å². The number of anilines is 1. The highest BCUT2D eigenvalue weighted by Crippen LogP contribution is 2.42. The number of aryl methyl sites for hydroxylation is 1. The first kappa shape index (κ1) is 20.3. The fourth-order valence-electron chi connectivity index (χ4n) is 3.67. The summed E-state index contributed by atoms with van der Waals surface area (Å²) in [5, 5.41) is 19.4. The Kier molecular flexibility index (Phi) is 6.27. The van der Waals surface area contributed by atoms with Crippen LogP contribution in [0.5, 0.6) is 11.5 Å². The highest BCUT2D eigenvalue weighted by Gasteiger charge is 2.25. The van der Waals surface area contributed by atoms with Gasteiger partial charge in [-0.3, -0.25) is 4.90 Å². The molecule has 2 aromatic rings. The predicted octanol–water partition coefficient (Wildman–Crippen LogP) is 2.82. The van der Waals surface area contributed by atoms with Crippen LogP contribution in [-0.2, 0) is 0 Å². The summed E-state index contributed by atoms with van der Waals surface area (Å²) in [4.78, 5) is 9.23. The monoisotopic (exact) mass is 421 g/mol. The highest BCUT2D eigenvalue weighted by atomic mass is 32.2. The van der Waals surface area contributed by atoms with Crippen LogP contribution in [0.3, 0.4) is 0 Å². The maximum absolute atomic E-state index is 9.31. The number of nitrogens with zero attached hydrogens (tertiary/aromatic N) is 5. The molecule has 0 N–H and O–H groups in total. The average Bonchev–Trinajstić information content (AvgIpc) is 2.79. The van der Waals surface area contributed by atoms with Crippen molar-refractivity contribution >= 4 is 17.4 Å². The fourth-order valence-corrected chi connectivity index (χ4v) is 4.69. The van der Waals surface area contributed by atoms with Gasteiger partial charge in [0, 0.05) is 44.2 Å². The molecule has 1 fully saturated rings. The van der Waals surface area contributed by atoms with Crippen molar-refractivity contribution in [2.24, 2.45) is 0 Å². The van der Waals surface area contributed by atoms with E-state index in [0.717, 1.165) is 54.9 Å². The number of pyridine rings is 1. The second kappa shape index (κ2) is 9.25. The van der Waals surface area contributed by atoms with Gasteiger partial charge in [-0.05, 0) is 31.2 Å². The van der Waals surface area contributed by atoms with Gasteiger partial charge in [0.05, 0.1) is 16.8 Å². The van der Waals surface area contributed by atoms with Crippen molar-refractivity contribution in [3.05, 3.63) is 41.1 Å². The van der Waals surface area contributed by atoms with E-state index in [2.05, 4.69) is 26.9 Å². The van der Waals surface area contributed by atoms with Gasteiger partial charge in [0.25, 0.3) is 0 Å². The van der Waals surface area contributed by atoms with Crippen molar-refractivity contribution < 1.29 is 9.47 Å². The zero-order valence-electron chi connectivity index (χ0n) is 16.9. The van der Waals surface area contributed by atoms with Crippen LogP contribution in [0.4, 0.5) is 5.69 Å². The maximum Gasteiger partial charge on any atom is 0.186 e. The lowest BCUT2D eigenvalue weighted by Crippen LogP contribution is -2.47. The molecule has 8 heteroatoms. The Morgan fingerprint density at radius 3 is 2.40 bits per heavy atom. The largest absolute Gasteiger partial charge is 0.485 e. The minimum Gasteiger partial charge on any atom is -0.485 e. The molecule has 0 atom stereocenters. The van der Waals surface area contributed by atoms with E-state index in [0.29, 0.717) is 35.8 Å². The number of benzene rings is 1. The zero-order valence-corrected chi connectivity index (χ0v) is 17.7. The van der Waals surface area contributed by atoms with E-state index in [9.17, 15) is 10.5 Å². The molecule has 0 radical (unpaired) electrons. The predicted molar refractivity (Wildman–Crippen MR) is 115 cm³/mol. The summed E-state index contributed by atoms with van der Waals surface area (Å²) >= 11 is 1.64. The molecule has 2 aliphatic heterocycles. The molecule has 1 saturated heterocycles. The third-order valence-electron chi connectivity index (χ3n) is 5.27. The first-order valence-corrected chi connectivity index (χ1v) is 11.0. The van der Waals surface area contributed by atoms with Gasteiger partial charge in [-0.2, -0.15) is 10.5 Å². The van der Waals surface area contributed by atoms with E-state index in [-0.39, 0.29) is 0 Å². The molecule has 0 unspecified atom stereocenters. The smallest absolute Gasteiger partial charge is 0.186 e. The van der Waals surface area contributed by atoms with E-state index in [1.54, 1.807) is 11.8 Å². The Morgan fingerprint density at radius 2 is 1.67 bits per heavy atom. The SMILES string of the molecule is Cc1ccc(C#N)c(SCCN2CCN(c3ccc(C#N)c4c3OCCO4)CC2)n1. The first-order valence-electron chi connectivity index (χ1n) is 10.00. The molecule has 0 spiro atoms.